The van der Waals surface area contributed by atoms with Crippen molar-refractivity contribution in [1.82, 2.24) is 35.1 Å². The number of nitrogens with one attached hydrogen (secondary N) is 3. The topological polar surface area (TPSA) is 125 Å². The van der Waals surface area contributed by atoms with Crippen molar-refractivity contribution in [3.63, 3.8) is 0 Å². The Balaban J connectivity index is 1.23. The molecule has 0 saturated carbocycles. The number of aromatic nitrogens is 7. The molecule has 0 radical (unpaired) electrons. The third-order valence-corrected chi connectivity index (χ3v) is 6.82. The maximum absolute atomic E-state index is 12.6. The number of carbonyl (C=O) groups excluding carboxylic acids is 1. The van der Waals surface area contributed by atoms with Crippen molar-refractivity contribution in [3.8, 4) is 22.8 Å². The minimum atomic E-state index is -0.169. The average molecular weight is 511 g/mol. The molecule has 1 aromatic carbocycles. The molecule has 7 rings (SSSR count). The van der Waals surface area contributed by atoms with Gasteiger partial charge >= 0.3 is 0 Å². The quantitative estimate of drug-likeness (QED) is 0.324. The lowest BCUT2D eigenvalue weighted by molar-refractivity contribution is 0.102. The smallest absolute Gasteiger partial charge is 0.255 e. The van der Waals surface area contributed by atoms with Gasteiger partial charge in [-0.25, -0.2) is 4.98 Å². The van der Waals surface area contributed by atoms with Crippen LogP contribution in [0.3, 0.4) is 0 Å². The largest absolute Gasteiger partial charge is 0.335 e. The van der Waals surface area contributed by atoms with Crippen molar-refractivity contribution in [2.45, 2.75) is 12.3 Å². The van der Waals surface area contributed by atoms with Crippen LogP contribution in [-0.2, 0) is 0 Å². The summed E-state index contributed by atoms with van der Waals surface area (Å²) in [5.74, 6) is 0.544. The molecule has 1 unspecified atom stereocenters. The summed E-state index contributed by atoms with van der Waals surface area (Å²) in [6.45, 7) is 0. The number of amides is 1. The van der Waals surface area contributed by atoms with Gasteiger partial charge in [0.1, 0.15) is 11.2 Å². The third kappa shape index (κ3) is 4.25. The number of H-pyrrole nitrogens is 2. The van der Waals surface area contributed by atoms with Crippen molar-refractivity contribution in [2.24, 2.45) is 0 Å². The highest BCUT2D eigenvalue weighted by Crippen LogP contribution is 2.28. The molecule has 1 amide bonds. The number of aromatic amines is 2. The van der Waals surface area contributed by atoms with Crippen LogP contribution in [0.4, 0.5) is 5.69 Å². The van der Waals surface area contributed by atoms with Crippen LogP contribution in [0.1, 0.15) is 28.3 Å². The van der Waals surface area contributed by atoms with Crippen molar-refractivity contribution in [1.29, 1.82) is 0 Å². The number of fused-ring (bicyclic) bond motifs is 2. The predicted molar refractivity (Wildman–Crippen MR) is 149 cm³/mol. The van der Waals surface area contributed by atoms with Crippen LogP contribution in [0.5, 0.6) is 0 Å². The minimum absolute atomic E-state index is 0.0602. The van der Waals surface area contributed by atoms with Gasteiger partial charge < -0.3 is 10.3 Å². The molecule has 5 aromatic heterocycles. The van der Waals surface area contributed by atoms with Gasteiger partial charge in [0.15, 0.2) is 5.82 Å². The Hall–Kier alpha value is -5.44. The van der Waals surface area contributed by atoms with E-state index in [4.69, 9.17) is 4.98 Å². The summed E-state index contributed by atoms with van der Waals surface area (Å²) in [5, 5.41) is 12.6. The van der Waals surface area contributed by atoms with E-state index in [-0.39, 0.29) is 11.8 Å². The van der Waals surface area contributed by atoms with Crippen LogP contribution in [0.2, 0.25) is 0 Å². The molecule has 39 heavy (non-hydrogen) atoms. The van der Waals surface area contributed by atoms with Crippen LogP contribution in [0.25, 0.3) is 46.0 Å². The Morgan fingerprint density at radius 1 is 0.974 bits per heavy atom. The Kier molecular flexibility index (Phi) is 5.51. The molecule has 0 aliphatic heterocycles. The van der Waals surface area contributed by atoms with E-state index in [2.05, 4.69) is 47.6 Å². The SMILES string of the molecule is O=C(Nc1cncc(C2C=c3c(-c4nc5c(-c6ccccn6)cncc5[nH]4)n[nH]c3=CC2)c1)c1ccccc1. The van der Waals surface area contributed by atoms with Gasteiger partial charge in [0, 0.05) is 40.9 Å². The van der Waals surface area contributed by atoms with E-state index in [1.807, 2.05) is 48.7 Å². The normalized spacial score (nSPS) is 14.3. The van der Waals surface area contributed by atoms with E-state index in [9.17, 15) is 4.79 Å². The van der Waals surface area contributed by atoms with Crippen molar-refractivity contribution in [3.05, 3.63) is 107 Å². The lowest BCUT2D eigenvalue weighted by Crippen LogP contribution is -2.28. The number of nitrogens with zero attached hydrogens (tertiary/aromatic N) is 5. The Morgan fingerprint density at radius 2 is 1.85 bits per heavy atom. The van der Waals surface area contributed by atoms with E-state index < -0.39 is 0 Å². The maximum atomic E-state index is 12.6. The second-order valence-electron chi connectivity index (χ2n) is 9.32. The lowest BCUT2D eigenvalue weighted by atomic mass is 9.92. The highest BCUT2D eigenvalue weighted by Gasteiger charge is 2.19. The fourth-order valence-corrected chi connectivity index (χ4v) is 4.89. The molecule has 0 saturated heterocycles. The first-order chi connectivity index (χ1) is 19.2. The van der Waals surface area contributed by atoms with Crippen LogP contribution in [-0.4, -0.2) is 41.0 Å². The summed E-state index contributed by atoms with van der Waals surface area (Å²) < 4.78 is 0. The minimum Gasteiger partial charge on any atom is -0.335 e. The molecule has 6 aromatic rings. The standard InChI is InChI=1S/C30H22N8O/c39-30(18-6-2-1-3-7-18)34-21-12-20(14-31-15-21)19-9-10-25-22(13-19)28(38-37-25)29-35-26-17-32-16-23(27(26)36-29)24-8-4-5-11-33-24/h1-8,10-17,19,37H,9H2,(H,34,39)(H,35,36). The highest BCUT2D eigenvalue weighted by molar-refractivity contribution is 6.04. The molecule has 1 aliphatic rings. The molecule has 5 heterocycles. The van der Waals surface area contributed by atoms with Gasteiger partial charge in [0.2, 0.25) is 0 Å². The fourth-order valence-electron chi connectivity index (χ4n) is 4.89. The Bertz CT molecular complexity index is 1940. The zero-order valence-electron chi connectivity index (χ0n) is 20.7. The molecule has 9 nitrogen and oxygen atoms in total. The molecular formula is C30H22N8O. The summed E-state index contributed by atoms with van der Waals surface area (Å²) in [7, 11) is 0. The van der Waals surface area contributed by atoms with Gasteiger partial charge in [-0.05, 0) is 42.3 Å². The zero-order valence-corrected chi connectivity index (χ0v) is 20.7. The van der Waals surface area contributed by atoms with Crippen LogP contribution in [0.15, 0.2) is 85.6 Å². The number of hydrogen-bond acceptors (Lipinski definition) is 6. The number of hydrogen-bond donors (Lipinski definition) is 3. The van der Waals surface area contributed by atoms with Gasteiger partial charge in [-0.3, -0.25) is 24.8 Å². The Labute approximate surface area is 222 Å². The highest BCUT2D eigenvalue weighted by atomic mass is 16.1. The second-order valence-corrected chi connectivity index (χ2v) is 9.32. The summed E-state index contributed by atoms with van der Waals surface area (Å²) in [6.07, 6.45) is 13.9. The molecular weight excluding hydrogens is 488 g/mol. The van der Waals surface area contributed by atoms with Gasteiger partial charge in [-0.2, -0.15) is 5.10 Å². The maximum Gasteiger partial charge on any atom is 0.255 e. The fraction of sp³-hybridized carbons (Fsp3) is 0.0667. The van der Waals surface area contributed by atoms with E-state index >= 15 is 0 Å². The number of anilines is 1. The number of imidazole rings is 1. The first-order valence-electron chi connectivity index (χ1n) is 12.6. The van der Waals surface area contributed by atoms with Gasteiger partial charge in [-0.15, -0.1) is 0 Å². The van der Waals surface area contributed by atoms with E-state index in [0.29, 0.717) is 17.1 Å². The molecule has 3 N–H and O–H groups in total. The van der Waals surface area contributed by atoms with Gasteiger partial charge in [-0.1, -0.05) is 36.4 Å². The van der Waals surface area contributed by atoms with Gasteiger partial charge in [0.05, 0.1) is 34.6 Å². The lowest BCUT2D eigenvalue weighted by Gasteiger charge is -2.14. The van der Waals surface area contributed by atoms with Crippen LogP contribution in [0, 0.1) is 0 Å². The van der Waals surface area contributed by atoms with Crippen LogP contribution < -0.4 is 15.9 Å². The average Bonchev–Trinajstić information content (AvgIpc) is 3.62. The predicted octanol–water partition coefficient (Wildman–Crippen LogP) is 3.81. The van der Waals surface area contributed by atoms with Crippen molar-refractivity contribution < 1.29 is 4.79 Å². The molecule has 0 spiro atoms. The molecule has 188 valence electrons. The first-order valence-corrected chi connectivity index (χ1v) is 12.6. The molecule has 0 bridgehead atoms. The summed E-state index contributed by atoms with van der Waals surface area (Å²) >= 11 is 0. The first kappa shape index (κ1) is 22.7. The van der Waals surface area contributed by atoms with Crippen molar-refractivity contribution in [2.75, 3.05) is 5.32 Å². The molecule has 0 fully saturated rings. The summed E-state index contributed by atoms with van der Waals surface area (Å²) in [4.78, 5) is 34.2. The number of pyridine rings is 3. The third-order valence-electron chi connectivity index (χ3n) is 6.82. The van der Waals surface area contributed by atoms with E-state index in [1.54, 1.807) is 36.9 Å². The van der Waals surface area contributed by atoms with Crippen molar-refractivity contribution >= 4 is 34.8 Å². The molecule has 1 aliphatic carbocycles. The van der Waals surface area contributed by atoms with Gasteiger partial charge in [0.25, 0.3) is 5.91 Å². The van der Waals surface area contributed by atoms with Crippen LogP contribution >= 0.6 is 0 Å². The van der Waals surface area contributed by atoms with E-state index in [1.165, 1.54) is 0 Å². The zero-order chi connectivity index (χ0) is 26.2. The molecule has 1 atom stereocenters. The summed E-state index contributed by atoms with van der Waals surface area (Å²) in [6, 6.07) is 16.9. The number of rotatable bonds is 5. The summed E-state index contributed by atoms with van der Waals surface area (Å²) in [5.41, 5.74) is 6.25. The van der Waals surface area contributed by atoms with E-state index in [0.717, 1.165) is 50.5 Å². The Morgan fingerprint density at radius 3 is 2.72 bits per heavy atom. The monoisotopic (exact) mass is 510 g/mol. The number of carbonyl (C=O) groups is 1. The number of benzene rings is 1. The molecule has 9 heteroatoms. The second kappa shape index (κ2) is 9.46.